The summed E-state index contributed by atoms with van der Waals surface area (Å²) in [5.41, 5.74) is 6.83. The number of nitrogens with one attached hydrogen (secondary N) is 2. The largest absolute Gasteiger partial charge is 0.444 e. The molecule has 0 aromatic heterocycles. The van der Waals surface area contributed by atoms with E-state index in [1.54, 1.807) is 46.8 Å². The number of hydrogen-bond donors (Lipinski definition) is 3. The molecule has 2 unspecified atom stereocenters. The van der Waals surface area contributed by atoms with Crippen molar-refractivity contribution in [2.45, 2.75) is 78.6 Å². The Balaban J connectivity index is 3.49. The van der Waals surface area contributed by atoms with Crippen LogP contribution in [-0.4, -0.2) is 52.9 Å². The summed E-state index contributed by atoms with van der Waals surface area (Å²) in [5, 5.41) is 14.6. The minimum Gasteiger partial charge on any atom is -0.444 e. The van der Waals surface area contributed by atoms with Crippen LogP contribution in [0.1, 0.15) is 63.8 Å². The topological polar surface area (TPSA) is 155 Å². The van der Waals surface area contributed by atoms with Crippen LogP contribution in [0.15, 0.2) is 18.2 Å². The van der Waals surface area contributed by atoms with E-state index in [2.05, 4.69) is 10.6 Å². The van der Waals surface area contributed by atoms with Crippen LogP contribution in [0, 0.1) is 25.2 Å². The number of rotatable bonds is 9. The lowest BCUT2D eigenvalue weighted by molar-refractivity contribution is -0.142. The summed E-state index contributed by atoms with van der Waals surface area (Å²) in [6, 6.07) is 4.34. The summed E-state index contributed by atoms with van der Waals surface area (Å²) in [6.07, 6.45) is -1.47. The molecule has 1 rings (SSSR count). The Morgan fingerprint density at radius 3 is 2.21 bits per heavy atom. The third-order valence-corrected chi connectivity index (χ3v) is 4.76. The number of nitrogens with two attached hydrogens (primary N) is 1. The summed E-state index contributed by atoms with van der Waals surface area (Å²) >= 11 is 0. The molecule has 0 aliphatic heterocycles. The molecule has 0 aliphatic rings. The lowest BCUT2D eigenvalue weighted by Gasteiger charge is -2.33. The van der Waals surface area contributed by atoms with Gasteiger partial charge in [-0.1, -0.05) is 18.2 Å². The van der Waals surface area contributed by atoms with Gasteiger partial charge in [0.25, 0.3) is 0 Å². The first kappa shape index (κ1) is 28.4. The zero-order valence-electron chi connectivity index (χ0n) is 20.9. The summed E-state index contributed by atoms with van der Waals surface area (Å²) in [5.74, 6) is -2.16. The maximum Gasteiger partial charge on any atom is 0.408 e. The first-order valence-electron chi connectivity index (χ1n) is 11.0. The first-order chi connectivity index (χ1) is 15.7. The molecule has 0 aliphatic carbocycles. The van der Waals surface area contributed by atoms with Gasteiger partial charge in [-0.2, -0.15) is 5.26 Å². The lowest BCUT2D eigenvalue weighted by atomic mass is 9.98. The summed E-state index contributed by atoms with van der Waals surface area (Å²) in [7, 11) is 0. The monoisotopic (exact) mass is 473 g/mol. The standard InChI is InChI=1S/C24H35N5O5/c1-14(2)27-21(31)20(17-9-8-15(3)16(4)12-17)29(11-10-25)22(32)18(13-19(26)30)28-23(33)34-24(5,6)7/h8-9,12,14,18,20H,11,13H2,1-7H3,(H2,26,30)(H,27,31)(H,28,33). The Hall–Kier alpha value is -3.61. The highest BCUT2D eigenvalue weighted by molar-refractivity contribution is 5.94. The van der Waals surface area contributed by atoms with E-state index < -0.39 is 54.5 Å². The summed E-state index contributed by atoms with van der Waals surface area (Å²) in [6.45, 7) is 11.8. The second-order valence-electron chi connectivity index (χ2n) is 9.40. The van der Waals surface area contributed by atoms with Gasteiger partial charge < -0.3 is 26.0 Å². The summed E-state index contributed by atoms with van der Waals surface area (Å²) < 4.78 is 5.20. The van der Waals surface area contributed by atoms with Crippen molar-refractivity contribution in [3.63, 3.8) is 0 Å². The molecular formula is C24H35N5O5. The van der Waals surface area contributed by atoms with Crippen molar-refractivity contribution in [3.8, 4) is 6.07 Å². The van der Waals surface area contributed by atoms with E-state index in [1.165, 1.54) is 0 Å². The van der Waals surface area contributed by atoms with Crippen molar-refractivity contribution < 1.29 is 23.9 Å². The second kappa shape index (κ2) is 12.0. The van der Waals surface area contributed by atoms with E-state index in [4.69, 9.17) is 10.5 Å². The highest BCUT2D eigenvalue weighted by Gasteiger charge is 2.37. The van der Waals surface area contributed by atoms with E-state index in [1.807, 2.05) is 26.0 Å². The molecule has 0 saturated carbocycles. The minimum absolute atomic E-state index is 0.234. The number of nitriles is 1. The molecule has 10 nitrogen and oxygen atoms in total. The molecular weight excluding hydrogens is 438 g/mol. The van der Waals surface area contributed by atoms with Crippen molar-refractivity contribution in [1.29, 1.82) is 5.26 Å². The molecule has 4 N–H and O–H groups in total. The van der Waals surface area contributed by atoms with Gasteiger partial charge in [-0.3, -0.25) is 14.4 Å². The molecule has 2 atom stereocenters. The molecule has 0 heterocycles. The highest BCUT2D eigenvalue weighted by atomic mass is 16.6. The molecule has 1 aromatic carbocycles. The van der Waals surface area contributed by atoms with E-state index in [9.17, 15) is 24.4 Å². The maximum atomic E-state index is 13.5. The summed E-state index contributed by atoms with van der Waals surface area (Å²) in [4.78, 5) is 51.8. The average Bonchev–Trinajstić information content (AvgIpc) is 2.66. The molecule has 0 radical (unpaired) electrons. The molecule has 34 heavy (non-hydrogen) atoms. The smallest absolute Gasteiger partial charge is 0.408 e. The van der Waals surface area contributed by atoms with Crippen LogP contribution in [0.25, 0.3) is 0 Å². The van der Waals surface area contributed by atoms with Crippen LogP contribution in [0.2, 0.25) is 0 Å². The molecule has 1 aromatic rings. The van der Waals surface area contributed by atoms with Gasteiger partial charge >= 0.3 is 6.09 Å². The Kier molecular flexibility index (Phi) is 10.0. The third kappa shape index (κ3) is 8.73. The zero-order valence-corrected chi connectivity index (χ0v) is 20.9. The number of carbonyl (C=O) groups is 4. The molecule has 0 saturated heterocycles. The van der Waals surface area contributed by atoms with Crippen LogP contribution >= 0.6 is 0 Å². The van der Waals surface area contributed by atoms with Crippen LogP contribution in [0.5, 0.6) is 0 Å². The number of aryl methyl sites for hydroxylation is 2. The quantitative estimate of drug-likeness (QED) is 0.466. The number of benzene rings is 1. The molecule has 186 valence electrons. The minimum atomic E-state index is -1.43. The zero-order chi connectivity index (χ0) is 26.2. The van der Waals surface area contributed by atoms with Gasteiger partial charge in [-0.25, -0.2) is 4.79 Å². The SMILES string of the molecule is Cc1ccc(C(C(=O)NC(C)C)N(CC#N)C(=O)C(CC(N)=O)NC(=O)OC(C)(C)C)cc1C. The number of carbonyl (C=O) groups excluding carboxylic acids is 4. The van der Waals surface area contributed by atoms with E-state index >= 15 is 0 Å². The predicted molar refractivity (Wildman–Crippen MR) is 126 cm³/mol. The lowest BCUT2D eigenvalue weighted by Crippen LogP contribution is -2.54. The van der Waals surface area contributed by atoms with Crippen molar-refractivity contribution in [3.05, 3.63) is 34.9 Å². The van der Waals surface area contributed by atoms with Gasteiger partial charge in [0.1, 0.15) is 24.2 Å². The van der Waals surface area contributed by atoms with E-state index in [-0.39, 0.29) is 6.04 Å². The molecule has 0 fully saturated rings. The number of nitrogens with zero attached hydrogens (tertiary/aromatic N) is 2. The first-order valence-corrected chi connectivity index (χ1v) is 11.0. The van der Waals surface area contributed by atoms with Crippen molar-refractivity contribution in [1.82, 2.24) is 15.5 Å². The van der Waals surface area contributed by atoms with Crippen molar-refractivity contribution in [2.75, 3.05) is 6.54 Å². The molecule has 0 bridgehead atoms. The predicted octanol–water partition coefficient (Wildman–Crippen LogP) is 1.99. The Labute approximate surface area is 200 Å². The van der Waals surface area contributed by atoms with Gasteiger partial charge in [0, 0.05) is 6.04 Å². The fourth-order valence-electron chi connectivity index (χ4n) is 3.19. The van der Waals surface area contributed by atoms with Crippen molar-refractivity contribution in [2.24, 2.45) is 5.73 Å². The van der Waals surface area contributed by atoms with Crippen LogP contribution in [0.4, 0.5) is 4.79 Å². The normalized spacial score (nSPS) is 12.8. The van der Waals surface area contributed by atoms with Gasteiger partial charge in [-0.15, -0.1) is 0 Å². The Morgan fingerprint density at radius 1 is 1.12 bits per heavy atom. The van der Waals surface area contributed by atoms with Gasteiger partial charge in [0.05, 0.1) is 12.5 Å². The average molecular weight is 474 g/mol. The molecule has 0 spiro atoms. The molecule has 4 amide bonds. The Morgan fingerprint density at radius 2 is 1.74 bits per heavy atom. The van der Waals surface area contributed by atoms with E-state index in [0.717, 1.165) is 16.0 Å². The van der Waals surface area contributed by atoms with E-state index in [0.29, 0.717) is 5.56 Å². The second-order valence-corrected chi connectivity index (χ2v) is 9.40. The number of alkyl carbamates (subject to hydrolysis) is 1. The maximum absolute atomic E-state index is 13.5. The van der Waals surface area contributed by atoms with Gasteiger partial charge in [-0.05, 0) is 65.2 Å². The van der Waals surface area contributed by atoms with Crippen molar-refractivity contribution >= 4 is 23.8 Å². The Bertz CT molecular complexity index is 961. The fourth-order valence-corrected chi connectivity index (χ4v) is 3.19. The number of primary amides is 1. The number of hydrogen-bond acceptors (Lipinski definition) is 6. The fraction of sp³-hybridized carbons (Fsp3) is 0.542. The molecule has 10 heteroatoms. The van der Waals surface area contributed by atoms with Crippen LogP contribution in [0.3, 0.4) is 0 Å². The van der Waals surface area contributed by atoms with Crippen LogP contribution in [-0.2, 0) is 19.1 Å². The van der Waals surface area contributed by atoms with Crippen LogP contribution < -0.4 is 16.4 Å². The third-order valence-electron chi connectivity index (χ3n) is 4.76. The number of ether oxygens (including phenoxy) is 1. The van der Waals surface area contributed by atoms with Gasteiger partial charge in [0.2, 0.25) is 17.7 Å². The highest BCUT2D eigenvalue weighted by Crippen LogP contribution is 2.25. The van der Waals surface area contributed by atoms with Gasteiger partial charge in [0.15, 0.2) is 0 Å². The number of amides is 4.